The van der Waals surface area contributed by atoms with Crippen molar-refractivity contribution in [2.75, 3.05) is 0 Å². The molecule has 0 saturated carbocycles. The van der Waals surface area contributed by atoms with E-state index in [2.05, 4.69) is 10.9 Å². The maximum absolute atomic E-state index is 13.0. The summed E-state index contributed by atoms with van der Waals surface area (Å²) >= 11 is 0. The van der Waals surface area contributed by atoms with Crippen LogP contribution in [-0.2, 0) is 0 Å². The summed E-state index contributed by atoms with van der Waals surface area (Å²) in [4.78, 5) is 4.27. The molecule has 12 aromatic carbocycles. The van der Waals surface area contributed by atoms with E-state index in [0.29, 0.717) is 32.7 Å². The molecule has 5 heterocycles. The smallest absolute Gasteiger partial charge is 0.237 e. The first kappa shape index (κ1) is 26.1. The zero-order valence-corrected chi connectivity index (χ0v) is 40.3. The molecule has 7 heteroatoms. The normalized spacial score (nSPS) is 16.3. The summed E-state index contributed by atoms with van der Waals surface area (Å²) in [6, 6.07) is 9.14. The van der Waals surface area contributed by atoms with Gasteiger partial charge in [0.15, 0.2) is 0 Å². The van der Waals surface area contributed by atoms with Crippen LogP contribution >= 0.6 is 0 Å². The molecule has 0 unspecified atom stereocenters. The number of para-hydroxylation sites is 7. The highest BCUT2D eigenvalue weighted by molar-refractivity contribution is 6.26. The number of rotatable bonds is 5. The van der Waals surface area contributed by atoms with Crippen molar-refractivity contribution < 1.29 is 37.3 Å². The lowest BCUT2D eigenvalue weighted by atomic mass is 9.97. The molecule has 0 N–H and O–H groups in total. The van der Waals surface area contributed by atoms with Crippen LogP contribution in [-0.4, -0.2) is 18.3 Å². The standard InChI is InChI=1S/C72H40N6O/c1-74-67-69(75-57-30-11-4-22-47(57)48-23-5-12-31-58(48)75)56(42-73)70(76-59-32-13-6-24-49(59)50-25-7-14-33-60(50)76)72(71(67)77-61-34-15-8-26-51(61)52-27-9-16-35-62(52)77)78-63-39-37-44(46-29-18-20-43-19-2-3-21-45(43)46)41-55(63)53-38-40-65-66(68(53)78)54-28-10-17-36-64(54)79-65/h2-41H/i4D,5D,6D,7D,8D,9D,11D,12D,13D,14D,15D,16D,22D,23D,24D,25D,26D,27D,30D,31D,32D,33D,34D,35D. The molecule has 0 saturated heterocycles. The van der Waals surface area contributed by atoms with Crippen LogP contribution in [0.25, 0.3) is 159 Å². The molecule has 0 aliphatic rings. The molecule has 17 aromatic rings. The van der Waals surface area contributed by atoms with E-state index in [4.69, 9.17) is 7.16 Å². The third kappa shape index (κ3) is 5.77. The number of fused-ring (bicyclic) bond motifs is 17. The molecule has 0 atom stereocenters. The van der Waals surface area contributed by atoms with Crippen molar-refractivity contribution >= 4 is 126 Å². The fraction of sp³-hybridized carbons (Fsp3) is 0. The Hall–Kier alpha value is -11.1. The van der Waals surface area contributed by atoms with Crippen molar-refractivity contribution in [1.29, 1.82) is 5.26 Å². The minimum absolute atomic E-state index is 0.122. The first-order valence-corrected chi connectivity index (χ1v) is 24.6. The molecule has 5 aromatic heterocycles. The average Bonchev–Trinajstić information content (AvgIpc) is 1.53. The van der Waals surface area contributed by atoms with E-state index in [1.54, 1.807) is 48.5 Å². The van der Waals surface area contributed by atoms with Crippen molar-refractivity contribution in [1.82, 2.24) is 18.3 Å². The Labute approximate surface area is 484 Å². The number of furan rings is 1. The second-order valence-corrected chi connectivity index (χ2v) is 18.7. The van der Waals surface area contributed by atoms with Crippen molar-refractivity contribution in [2.24, 2.45) is 0 Å². The van der Waals surface area contributed by atoms with Crippen molar-refractivity contribution in [3.8, 4) is 39.9 Å². The van der Waals surface area contributed by atoms with Crippen LogP contribution in [0, 0.1) is 17.9 Å². The molecule has 0 bridgehead atoms. The summed E-state index contributed by atoms with van der Waals surface area (Å²) in [5, 5.41) is 12.8. The fourth-order valence-corrected chi connectivity index (χ4v) is 11.9. The Kier molecular flexibility index (Phi) is 5.35. The number of aromatic nitrogens is 4. The van der Waals surface area contributed by atoms with Gasteiger partial charge in [-0.05, 0) is 88.5 Å². The molecular weight excluding hydrogens is 965 g/mol. The third-order valence-corrected chi connectivity index (χ3v) is 15.0. The van der Waals surface area contributed by atoms with E-state index >= 15 is 0 Å². The van der Waals surface area contributed by atoms with Gasteiger partial charge in [0.25, 0.3) is 0 Å². The maximum Gasteiger partial charge on any atom is 0.237 e. The molecule has 7 nitrogen and oxygen atoms in total. The summed E-state index contributed by atoms with van der Waals surface area (Å²) in [6.07, 6.45) is 0. The lowest BCUT2D eigenvalue weighted by Gasteiger charge is -2.27. The van der Waals surface area contributed by atoms with E-state index in [9.17, 15) is 42.0 Å². The second-order valence-electron chi connectivity index (χ2n) is 18.7. The monoisotopic (exact) mass is 1030 g/mol. The summed E-state index contributed by atoms with van der Waals surface area (Å²) in [7, 11) is 0. The number of nitriles is 1. The number of benzene rings is 12. The second kappa shape index (κ2) is 16.2. The van der Waals surface area contributed by atoms with Crippen LogP contribution in [0.3, 0.4) is 0 Å². The number of hydrogen-bond acceptors (Lipinski definition) is 2. The fourth-order valence-electron chi connectivity index (χ4n) is 11.9. The molecule has 0 aliphatic heterocycles. The SMILES string of the molecule is [2H]c1c([2H])c([2H])c2c(c1[2H])c1c([2H])c([2H])c([2H])c([2H])c1n2-c1c(C#N)c(-n2c3c([2H])c([2H])c([2H])c([2H])c3c3c([2H])c([2H])c([2H])c([2H])c32)c(-n2c3ccc(-c4cccc5ccccc45)cc3c3ccc4oc5ccccc5c4c32)c(-n2c3c([2H])c([2H])c([2H])c([2H])c3c3c([2H])c([2H])c([2H])c([2H])c32)c1[N+]#[C-]. The van der Waals surface area contributed by atoms with Gasteiger partial charge < -0.3 is 22.7 Å². The van der Waals surface area contributed by atoms with Crippen LogP contribution in [0.15, 0.2) is 246 Å². The van der Waals surface area contributed by atoms with Crippen LogP contribution in [0.2, 0.25) is 0 Å². The molecular formula is C72H40N6O. The lowest BCUT2D eigenvalue weighted by molar-refractivity contribution is 0.669. The van der Waals surface area contributed by atoms with E-state index in [1.807, 2.05) is 48.5 Å². The van der Waals surface area contributed by atoms with Gasteiger partial charge in [0.2, 0.25) is 5.69 Å². The van der Waals surface area contributed by atoms with E-state index in [1.165, 1.54) is 4.57 Å². The van der Waals surface area contributed by atoms with Crippen LogP contribution in [0.5, 0.6) is 0 Å². The highest BCUT2D eigenvalue weighted by Gasteiger charge is 2.35. The summed E-state index contributed by atoms with van der Waals surface area (Å²) in [5.41, 5.74) is -6.79. The van der Waals surface area contributed by atoms with Gasteiger partial charge in [-0.25, -0.2) is 4.85 Å². The van der Waals surface area contributed by atoms with Gasteiger partial charge in [-0.15, -0.1) is 0 Å². The molecule has 0 aliphatic carbocycles. The van der Waals surface area contributed by atoms with Crippen molar-refractivity contribution in [3.63, 3.8) is 0 Å². The molecule has 0 amide bonds. The predicted molar refractivity (Wildman–Crippen MR) is 325 cm³/mol. The first-order chi connectivity index (χ1) is 49.1. The van der Waals surface area contributed by atoms with Crippen LogP contribution in [0.4, 0.5) is 5.69 Å². The summed E-state index contributed by atoms with van der Waals surface area (Å²) in [6.45, 7) is 9.96. The third-order valence-electron chi connectivity index (χ3n) is 15.0. The Morgan fingerprint density at radius 2 is 0.899 bits per heavy atom. The summed E-state index contributed by atoms with van der Waals surface area (Å²) in [5.74, 6) is 0. The van der Waals surface area contributed by atoms with Crippen LogP contribution < -0.4 is 0 Å². The molecule has 17 rings (SSSR count). The minimum Gasteiger partial charge on any atom is -0.456 e. The van der Waals surface area contributed by atoms with Gasteiger partial charge in [-0.3, -0.25) is 0 Å². The minimum atomic E-state index is -0.968. The van der Waals surface area contributed by atoms with Crippen LogP contribution in [0.1, 0.15) is 38.5 Å². The van der Waals surface area contributed by atoms with Gasteiger partial charge in [0, 0.05) is 48.5 Å². The zero-order valence-electron chi connectivity index (χ0n) is 64.3. The van der Waals surface area contributed by atoms with E-state index in [-0.39, 0.29) is 16.6 Å². The Balaban J connectivity index is 1.30. The van der Waals surface area contributed by atoms with Gasteiger partial charge in [0.1, 0.15) is 17.2 Å². The number of hydrogen-bond donors (Lipinski definition) is 0. The molecule has 0 radical (unpaired) electrons. The quantitative estimate of drug-likeness (QED) is 0.161. The topological polar surface area (TPSA) is 61.0 Å². The maximum atomic E-state index is 13.0. The highest BCUT2D eigenvalue weighted by Crippen LogP contribution is 2.53. The average molecular weight is 1030 g/mol. The van der Waals surface area contributed by atoms with E-state index < -0.39 is 244 Å². The Morgan fingerprint density at radius 1 is 0.405 bits per heavy atom. The largest absolute Gasteiger partial charge is 0.456 e. The van der Waals surface area contributed by atoms with Crippen molar-refractivity contribution in [2.45, 2.75) is 0 Å². The molecule has 79 heavy (non-hydrogen) atoms. The van der Waals surface area contributed by atoms with Gasteiger partial charge in [-0.2, -0.15) is 5.26 Å². The molecule has 0 fully saturated rings. The predicted octanol–water partition coefficient (Wildman–Crippen LogP) is 19.2. The zero-order chi connectivity index (χ0) is 72.9. The molecule has 364 valence electrons. The number of nitrogens with zero attached hydrogens (tertiary/aromatic N) is 6. The Morgan fingerprint density at radius 3 is 1.46 bits per heavy atom. The van der Waals surface area contributed by atoms with Gasteiger partial charge in [0.05, 0.1) is 117 Å². The van der Waals surface area contributed by atoms with Gasteiger partial charge >= 0.3 is 0 Å². The lowest BCUT2D eigenvalue weighted by Crippen LogP contribution is -2.14. The van der Waals surface area contributed by atoms with E-state index in [0.717, 1.165) is 30.0 Å². The van der Waals surface area contributed by atoms with Gasteiger partial charge in [-0.1, -0.05) is 175 Å². The molecule has 0 spiro atoms. The highest BCUT2D eigenvalue weighted by atomic mass is 16.3. The Bertz CT molecular complexity index is 6650. The first-order valence-electron chi connectivity index (χ1n) is 36.6. The van der Waals surface area contributed by atoms with Crippen molar-refractivity contribution in [3.05, 3.63) is 259 Å². The summed E-state index contributed by atoms with van der Waals surface area (Å²) < 4.78 is 241.